The van der Waals surface area contributed by atoms with Crippen molar-refractivity contribution in [2.24, 2.45) is 41.4 Å². The molecule has 11 amide bonds. The van der Waals surface area contributed by atoms with Crippen LogP contribution < -0.4 is 21.3 Å². The number of carbonyl (C=O) groups is 12. The number of ether oxygens (including phenoxy) is 2. The van der Waals surface area contributed by atoms with Crippen molar-refractivity contribution in [3.8, 4) is 0 Å². The lowest BCUT2D eigenvalue weighted by Gasteiger charge is -2.41. The zero-order valence-corrected chi connectivity index (χ0v) is 63.4. The number of nitrogens with one attached hydrogen (secondary N) is 4. The van der Waals surface area contributed by atoms with Crippen LogP contribution in [0.15, 0.2) is 24.3 Å². The highest BCUT2D eigenvalue weighted by molar-refractivity contribution is 5.99. The highest BCUT2D eigenvalue weighted by Gasteiger charge is 2.45. The Morgan fingerprint density at radius 1 is 0.500 bits per heavy atom. The Morgan fingerprint density at radius 3 is 1.38 bits per heavy atom. The summed E-state index contributed by atoms with van der Waals surface area (Å²) in [5.41, 5.74) is -0.835. The maximum atomic E-state index is 15.2. The average molecular weight is 1360 g/mol. The lowest BCUT2D eigenvalue weighted by Crippen LogP contribution is -2.63. The van der Waals surface area contributed by atoms with Crippen LogP contribution in [-0.2, 0) is 62.2 Å². The molecule has 0 radical (unpaired) electrons. The molecule has 0 saturated carbocycles. The molecule has 0 fully saturated rings. The highest BCUT2D eigenvalue weighted by Crippen LogP contribution is 2.26. The van der Waals surface area contributed by atoms with Crippen molar-refractivity contribution in [3.05, 3.63) is 24.3 Å². The van der Waals surface area contributed by atoms with Crippen LogP contribution in [0.25, 0.3) is 0 Å². The zero-order valence-electron chi connectivity index (χ0n) is 63.4. The minimum absolute atomic E-state index is 0.00451. The molecule has 0 rings (SSSR count). The van der Waals surface area contributed by atoms with E-state index in [4.69, 9.17) is 4.74 Å². The number of methoxy groups -OCH3 is 1. The number of carbonyl (C=O) groups excluding carboxylic acids is 12. The van der Waals surface area contributed by atoms with Crippen LogP contribution in [0.4, 0.5) is 4.79 Å². The van der Waals surface area contributed by atoms with Crippen LogP contribution in [0, 0.1) is 41.4 Å². The molecule has 0 spiro atoms. The van der Waals surface area contributed by atoms with Crippen molar-refractivity contribution in [3.63, 3.8) is 0 Å². The molecular weight excluding hydrogens is 1230 g/mol. The normalized spacial score (nSPS) is 15.7. The van der Waals surface area contributed by atoms with Gasteiger partial charge >= 0.3 is 12.1 Å². The van der Waals surface area contributed by atoms with Crippen molar-refractivity contribution >= 4 is 71.1 Å². The van der Waals surface area contributed by atoms with Gasteiger partial charge in [0, 0.05) is 61.5 Å². The fourth-order valence-corrected chi connectivity index (χ4v) is 11.1. The molecule has 5 N–H and O–H groups in total. The first kappa shape index (κ1) is 88.9. The van der Waals surface area contributed by atoms with Crippen LogP contribution in [0.3, 0.4) is 0 Å². The van der Waals surface area contributed by atoms with E-state index in [1.807, 2.05) is 55.4 Å². The standard InChI is InChI=1S/C70H125N11O15/c1-29-31-32-46(15)59(84)58(81(27)68(93)57(45(13)14)80(26)66(91)53(38-43(9)10)79(25)65(90)52(37-42(7)8)78(24)63(88)48(17)72-69(94)96-70(18,19)20)62(87)73-49(30-2)64(89)75(21)39-54(82)76(22)50(35-40(3)4)61(86)74-56(44(11)12)67(92)77(23)51(36-41(5)6)60(85)71-47(16)33-34-55(83)95-28/h29,31,33-34,40-53,56-59,84H,30,32,35-39H2,1-28H3,(H,71,85)(H,72,94)(H,73,87)(H,74,86)/b31-29+,34-33+/t46-,47+,48-,49+,50+,51+,52+,53+,56+,57+,58+,59-/m1/s1. The molecule has 0 aliphatic carbocycles. The Labute approximate surface area is 574 Å². The maximum absolute atomic E-state index is 15.2. The molecule has 0 heterocycles. The molecule has 96 heavy (non-hydrogen) atoms. The highest BCUT2D eigenvalue weighted by atomic mass is 16.6. The van der Waals surface area contributed by atoms with E-state index in [-0.39, 0.29) is 62.2 Å². The molecule has 0 unspecified atom stereocenters. The largest absolute Gasteiger partial charge is 0.466 e. The molecule has 0 aliphatic rings. The van der Waals surface area contributed by atoms with Gasteiger partial charge in [-0.2, -0.15) is 0 Å². The summed E-state index contributed by atoms with van der Waals surface area (Å²) in [5, 5.41) is 23.1. The van der Waals surface area contributed by atoms with Gasteiger partial charge in [0.05, 0.1) is 19.8 Å². The number of nitrogens with zero attached hydrogens (tertiary/aromatic N) is 7. The average Bonchev–Trinajstić information content (AvgIpc) is 0.812. The summed E-state index contributed by atoms with van der Waals surface area (Å²) in [4.78, 5) is 178. The minimum Gasteiger partial charge on any atom is -0.466 e. The van der Waals surface area contributed by atoms with Gasteiger partial charge in [-0.1, -0.05) is 115 Å². The molecular formula is C70H125N11O15. The fraction of sp³-hybridized carbons (Fsp3) is 0.771. The van der Waals surface area contributed by atoms with Gasteiger partial charge in [-0.25, -0.2) is 9.59 Å². The number of likely N-dealkylation sites (N-methyl/N-ethyl adjacent to an activating group) is 7. The topological polar surface area (TPSA) is 314 Å². The van der Waals surface area contributed by atoms with E-state index in [2.05, 4.69) is 26.0 Å². The molecule has 12 atom stereocenters. The maximum Gasteiger partial charge on any atom is 0.408 e. The van der Waals surface area contributed by atoms with Gasteiger partial charge in [-0.3, -0.25) is 47.9 Å². The fourth-order valence-electron chi connectivity index (χ4n) is 11.1. The van der Waals surface area contributed by atoms with E-state index in [1.165, 1.54) is 100 Å². The summed E-state index contributed by atoms with van der Waals surface area (Å²) in [6.45, 7) is 34.7. The zero-order chi connectivity index (χ0) is 74.9. The van der Waals surface area contributed by atoms with Crippen molar-refractivity contribution in [2.75, 3.05) is 63.0 Å². The van der Waals surface area contributed by atoms with Crippen LogP contribution in [0.1, 0.15) is 177 Å². The number of allylic oxidation sites excluding steroid dienone is 2. The summed E-state index contributed by atoms with van der Waals surface area (Å²) in [6, 6.07) is -11.4. The summed E-state index contributed by atoms with van der Waals surface area (Å²) in [5.74, 6) is -9.16. The summed E-state index contributed by atoms with van der Waals surface area (Å²) in [7, 11) is 11.2. The molecule has 0 aliphatic heterocycles. The Balaban J connectivity index is 7.19. The van der Waals surface area contributed by atoms with Crippen LogP contribution in [-0.4, -0.2) is 246 Å². The van der Waals surface area contributed by atoms with E-state index >= 15 is 9.59 Å². The second kappa shape index (κ2) is 41.2. The number of aliphatic hydroxyl groups is 1. The Bertz CT molecular complexity index is 2650. The molecule has 0 saturated heterocycles. The number of hydrogen-bond acceptors (Lipinski definition) is 15. The van der Waals surface area contributed by atoms with Gasteiger partial charge in [0.25, 0.3) is 0 Å². The third kappa shape index (κ3) is 28.1. The second-order valence-electron chi connectivity index (χ2n) is 29.2. The monoisotopic (exact) mass is 1360 g/mol. The van der Waals surface area contributed by atoms with Crippen molar-refractivity contribution in [2.45, 2.75) is 249 Å². The Kier molecular flexibility index (Phi) is 38.1. The van der Waals surface area contributed by atoms with Crippen molar-refractivity contribution < 1.29 is 72.1 Å². The van der Waals surface area contributed by atoms with Gasteiger partial charge in [0.1, 0.15) is 60.0 Å². The van der Waals surface area contributed by atoms with Gasteiger partial charge in [-0.05, 0) is 121 Å². The van der Waals surface area contributed by atoms with E-state index in [0.717, 1.165) is 9.80 Å². The molecule has 0 aromatic rings. The summed E-state index contributed by atoms with van der Waals surface area (Å²) in [6.07, 6.45) is 4.93. The van der Waals surface area contributed by atoms with Crippen LogP contribution in [0.2, 0.25) is 0 Å². The minimum atomic E-state index is -1.64. The molecule has 0 bridgehead atoms. The Hall–Kier alpha value is -7.12. The SMILES string of the molecule is C/C=C/C[C@@H](C)[C@@H](O)[C@@H](C(=O)N[C@@H](CC)C(=O)N(C)CC(=O)N(C)[C@@H](CC(C)C)C(=O)N[C@H](C(=O)N(C)[C@@H](CC(C)C)C(=O)N[C@@H](C)/C=C/C(=O)OC)C(C)C)N(C)C(=O)[C@H](C(C)C)N(C)C(=O)[C@H](CC(C)C)N(C)C(=O)[C@H](CC(C)C)N(C)C(=O)[C@@H](C)NC(=O)OC(C)(C)C. The first-order chi connectivity index (χ1) is 44.1. The molecule has 26 heteroatoms. The Morgan fingerprint density at radius 2 is 0.938 bits per heavy atom. The molecule has 0 aromatic heterocycles. The van der Waals surface area contributed by atoms with E-state index in [9.17, 15) is 53.1 Å². The third-order valence-corrected chi connectivity index (χ3v) is 16.8. The predicted octanol–water partition coefficient (Wildman–Crippen LogP) is 5.39. The smallest absolute Gasteiger partial charge is 0.408 e. The summed E-state index contributed by atoms with van der Waals surface area (Å²) < 4.78 is 10.0. The van der Waals surface area contributed by atoms with E-state index < -0.39 is 168 Å². The van der Waals surface area contributed by atoms with Gasteiger partial charge < -0.3 is 70.1 Å². The lowest BCUT2D eigenvalue weighted by molar-refractivity contribution is -0.157. The van der Waals surface area contributed by atoms with E-state index in [0.29, 0.717) is 0 Å². The van der Waals surface area contributed by atoms with Crippen LogP contribution >= 0.6 is 0 Å². The van der Waals surface area contributed by atoms with Crippen molar-refractivity contribution in [1.82, 2.24) is 55.6 Å². The molecule has 0 aromatic carbocycles. The van der Waals surface area contributed by atoms with Gasteiger partial charge in [0.2, 0.25) is 59.1 Å². The number of aliphatic hydroxyl groups excluding tert-OH is 1. The van der Waals surface area contributed by atoms with E-state index in [1.54, 1.807) is 88.3 Å². The second-order valence-corrected chi connectivity index (χ2v) is 29.2. The van der Waals surface area contributed by atoms with Crippen LogP contribution in [0.5, 0.6) is 0 Å². The number of esters is 1. The quantitative estimate of drug-likeness (QED) is 0.0294. The molecule has 550 valence electrons. The third-order valence-electron chi connectivity index (χ3n) is 16.8. The lowest BCUT2D eigenvalue weighted by atomic mass is 9.91. The van der Waals surface area contributed by atoms with Gasteiger partial charge in [0.15, 0.2) is 0 Å². The summed E-state index contributed by atoms with van der Waals surface area (Å²) >= 11 is 0. The number of hydrogen-bond donors (Lipinski definition) is 5. The predicted molar refractivity (Wildman–Crippen MR) is 371 cm³/mol. The molecule has 26 nitrogen and oxygen atoms in total. The number of rotatable bonds is 38. The van der Waals surface area contributed by atoms with Crippen molar-refractivity contribution in [1.29, 1.82) is 0 Å². The van der Waals surface area contributed by atoms with Gasteiger partial charge in [-0.15, -0.1) is 0 Å². The first-order valence-corrected chi connectivity index (χ1v) is 34.0. The number of alkyl carbamates (subject to hydrolysis) is 1. The number of amides is 11. The first-order valence-electron chi connectivity index (χ1n) is 34.0.